The second-order valence-electron chi connectivity index (χ2n) is 26.4. The fraction of sp³-hybridized carbons (Fsp3) is 0.942. The minimum atomic E-state index is -4.95. The molecule has 7 atom stereocenters. The first kappa shape index (κ1) is 86.1. The molecule has 0 rings (SSSR count). The fourth-order valence-corrected chi connectivity index (χ4v) is 11.8. The Kier molecular flexibility index (Phi) is 57.6. The van der Waals surface area contributed by atoms with Gasteiger partial charge >= 0.3 is 39.5 Å². The minimum absolute atomic E-state index is 0.102. The largest absolute Gasteiger partial charge is 0.472 e. The molecule has 4 unspecified atom stereocenters. The maximum Gasteiger partial charge on any atom is 0.472 e. The molecule has 0 aliphatic heterocycles. The first-order chi connectivity index (χ1) is 42.2. The highest BCUT2D eigenvalue weighted by atomic mass is 31.2. The summed E-state index contributed by atoms with van der Waals surface area (Å²) in [5.41, 5.74) is 0. The standard InChI is InChI=1S/C69H134O17P2/c1-9-61(7)47-39-31-25-27-34-42-50-67(72)80-56-64(85-68(73)51-43-35-24-18-16-14-12-11-13-15-17-21-29-37-45-59(3)4)57-83-87(75,76)81-53-63(70)54-82-88(77,78)84-58-65(86-69(74)52-44-36-28-26-32-40-48-62(8)10-2)55-79-66(71)49-41-33-23-20-19-22-30-38-46-60(5)6/h59-65,70H,9-58H2,1-8H3,(H,75,76)(H,77,78)/t61?,62?,63-,64+,65+/m0/s1. The number of unbranched alkanes of at least 4 members (excludes halogenated alkanes) is 30. The van der Waals surface area contributed by atoms with Gasteiger partial charge in [-0.1, -0.05) is 287 Å². The van der Waals surface area contributed by atoms with E-state index in [2.05, 4.69) is 55.4 Å². The molecule has 88 heavy (non-hydrogen) atoms. The van der Waals surface area contributed by atoms with E-state index >= 15 is 0 Å². The third-order valence-corrected chi connectivity index (χ3v) is 18.4. The first-order valence-electron chi connectivity index (χ1n) is 35.8. The summed E-state index contributed by atoms with van der Waals surface area (Å²) in [6.07, 6.45) is 40.4. The summed E-state index contributed by atoms with van der Waals surface area (Å²) >= 11 is 0. The molecule has 0 amide bonds. The van der Waals surface area contributed by atoms with Gasteiger partial charge in [0.2, 0.25) is 0 Å². The Morgan fingerprint density at radius 3 is 0.807 bits per heavy atom. The molecule has 0 bridgehead atoms. The number of phosphoric acid groups is 2. The number of carbonyl (C=O) groups is 4. The summed E-state index contributed by atoms with van der Waals surface area (Å²) in [6, 6.07) is 0. The molecule has 0 heterocycles. The van der Waals surface area contributed by atoms with Crippen molar-refractivity contribution in [2.24, 2.45) is 23.7 Å². The topological polar surface area (TPSA) is 237 Å². The lowest BCUT2D eigenvalue weighted by Crippen LogP contribution is -2.30. The number of hydrogen-bond donors (Lipinski definition) is 3. The van der Waals surface area contributed by atoms with E-state index in [0.717, 1.165) is 120 Å². The molecule has 3 N–H and O–H groups in total. The minimum Gasteiger partial charge on any atom is -0.462 e. The average molecular weight is 1300 g/mol. The molecular weight excluding hydrogens is 1160 g/mol. The van der Waals surface area contributed by atoms with Crippen LogP contribution in [0, 0.1) is 23.7 Å². The van der Waals surface area contributed by atoms with Crippen molar-refractivity contribution < 1.29 is 80.2 Å². The monoisotopic (exact) mass is 1300 g/mol. The highest BCUT2D eigenvalue weighted by Gasteiger charge is 2.30. The van der Waals surface area contributed by atoms with Gasteiger partial charge in [-0.2, -0.15) is 0 Å². The third-order valence-electron chi connectivity index (χ3n) is 16.5. The number of esters is 4. The molecule has 0 aromatic carbocycles. The molecule has 0 fully saturated rings. The highest BCUT2D eigenvalue weighted by Crippen LogP contribution is 2.45. The Morgan fingerprint density at radius 1 is 0.318 bits per heavy atom. The van der Waals surface area contributed by atoms with E-state index in [4.69, 9.17) is 37.0 Å². The van der Waals surface area contributed by atoms with Crippen LogP contribution >= 0.6 is 15.6 Å². The summed E-state index contributed by atoms with van der Waals surface area (Å²) in [5, 5.41) is 10.6. The second-order valence-corrected chi connectivity index (χ2v) is 29.3. The predicted octanol–water partition coefficient (Wildman–Crippen LogP) is 19.3. The van der Waals surface area contributed by atoms with E-state index in [1.807, 2.05) is 0 Å². The molecule has 0 spiro atoms. The van der Waals surface area contributed by atoms with Gasteiger partial charge in [0.1, 0.15) is 19.3 Å². The number of rotatable bonds is 66. The lowest BCUT2D eigenvalue weighted by Gasteiger charge is -2.21. The maximum absolute atomic E-state index is 13.0. The van der Waals surface area contributed by atoms with Gasteiger partial charge in [0, 0.05) is 25.7 Å². The van der Waals surface area contributed by atoms with Crippen molar-refractivity contribution in [1.29, 1.82) is 0 Å². The lowest BCUT2D eigenvalue weighted by atomic mass is 10.00. The summed E-state index contributed by atoms with van der Waals surface area (Å²) in [6.45, 7) is 14.0. The van der Waals surface area contributed by atoms with Crippen molar-refractivity contribution in [3.05, 3.63) is 0 Å². The van der Waals surface area contributed by atoms with E-state index in [9.17, 15) is 43.2 Å². The van der Waals surface area contributed by atoms with Crippen molar-refractivity contribution in [3.8, 4) is 0 Å². The lowest BCUT2D eigenvalue weighted by molar-refractivity contribution is -0.161. The average Bonchev–Trinajstić information content (AvgIpc) is 3.63. The van der Waals surface area contributed by atoms with Crippen LogP contribution in [0.15, 0.2) is 0 Å². The van der Waals surface area contributed by atoms with Gasteiger partial charge in [-0.25, -0.2) is 9.13 Å². The smallest absolute Gasteiger partial charge is 0.462 e. The molecule has 0 aliphatic rings. The van der Waals surface area contributed by atoms with Gasteiger partial charge in [-0.15, -0.1) is 0 Å². The Balaban J connectivity index is 5.23. The van der Waals surface area contributed by atoms with Crippen LogP contribution in [0.5, 0.6) is 0 Å². The maximum atomic E-state index is 13.0. The van der Waals surface area contributed by atoms with Crippen molar-refractivity contribution in [2.75, 3.05) is 39.6 Å². The number of hydrogen-bond acceptors (Lipinski definition) is 15. The summed E-state index contributed by atoms with van der Waals surface area (Å²) in [7, 11) is -9.90. The van der Waals surface area contributed by atoms with Gasteiger partial charge < -0.3 is 33.8 Å². The van der Waals surface area contributed by atoms with Gasteiger partial charge in [0.25, 0.3) is 0 Å². The van der Waals surface area contributed by atoms with Gasteiger partial charge in [-0.05, 0) is 49.4 Å². The predicted molar refractivity (Wildman–Crippen MR) is 354 cm³/mol. The van der Waals surface area contributed by atoms with Crippen LogP contribution in [-0.2, 0) is 65.4 Å². The molecule has 0 aliphatic carbocycles. The van der Waals surface area contributed by atoms with Crippen molar-refractivity contribution >= 4 is 39.5 Å². The van der Waals surface area contributed by atoms with Gasteiger partial charge in [0.15, 0.2) is 12.2 Å². The van der Waals surface area contributed by atoms with Crippen LogP contribution in [0.1, 0.15) is 338 Å². The number of phosphoric ester groups is 2. The Morgan fingerprint density at radius 2 is 0.545 bits per heavy atom. The summed E-state index contributed by atoms with van der Waals surface area (Å²) in [4.78, 5) is 72.4. The first-order valence-corrected chi connectivity index (χ1v) is 38.8. The molecule has 19 heteroatoms. The molecule has 0 aromatic rings. The molecule has 0 saturated heterocycles. The van der Waals surface area contributed by atoms with E-state index in [1.165, 1.54) is 135 Å². The van der Waals surface area contributed by atoms with Crippen LogP contribution in [0.2, 0.25) is 0 Å². The number of carbonyl (C=O) groups excluding carboxylic acids is 4. The van der Waals surface area contributed by atoms with Crippen molar-refractivity contribution in [3.63, 3.8) is 0 Å². The van der Waals surface area contributed by atoms with Crippen LogP contribution in [0.4, 0.5) is 0 Å². The quantitative estimate of drug-likeness (QED) is 0.0222. The van der Waals surface area contributed by atoms with Gasteiger partial charge in [-0.3, -0.25) is 37.3 Å². The van der Waals surface area contributed by atoms with E-state index < -0.39 is 97.5 Å². The molecule has 0 aromatic heterocycles. The zero-order valence-corrected chi connectivity index (χ0v) is 59.1. The zero-order chi connectivity index (χ0) is 65.4. The van der Waals surface area contributed by atoms with Gasteiger partial charge in [0.05, 0.1) is 26.4 Å². The Hall–Kier alpha value is -1.94. The van der Waals surface area contributed by atoms with Crippen molar-refractivity contribution in [2.45, 2.75) is 356 Å². The number of aliphatic hydroxyl groups is 1. The molecule has 0 radical (unpaired) electrons. The number of aliphatic hydroxyl groups excluding tert-OH is 1. The van der Waals surface area contributed by atoms with Crippen LogP contribution in [-0.4, -0.2) is 96.7 Å². The summed E-state index contributed by atoms with van der Waals surface area (Å²) in [5.74, 6) is 0.838. The summed E-state index contributed by atoms with van der Waals surface area (Å²) < 4.78 is 68.2. The van der Waals surface area contributed by atoms with Crippen LogP contribution < -0.4 is 0 Å². The highest BCUT2D eigenvalue weighted by molar-refractivity contribution is 7.47. The third kappa shape index (κ3) is 60.3. The fourth-order valence-electron chi connectivity index (χ4n) is 10.2. The van der Waals surface area contributed by atoms with Crippen LogP contribution in [0.25, 0.3) is 0 Å². The Labute approximate surface area is 537 Å². The Bertz CT molecular complexity index is 1750. The van der Waals surface area contributed by atoms with E-state index in [1.54, 1.807) is 0 Å². The molecule has 17 nitrogen and oxygen atoms in total. The molecule has 522 valence electrons. The van der Waals surface area contributed by atoms with Crippen molar-refractivity contribution in [1.82, 2.24) is 0 Å². The number of ether oxygens (including phenoxy) is 4. The normalized spacial score (nSPS) is 14.9. The zero-order valence-electron chi connectivity index (χ0n) is 57.3. The van der Waals surface area contributed by atoms with E-state index in [-0.39, 0.29) is 25.7 Å². The molecule has 0 saturated carbocycles. The SMILES string of the molecule is CCC(C)CCCCCCCCC(=O)OC[C@H](COP(=O)(O)OC[C@H](O)COP(=O)(O)OC[C@@H](COC(=O)CCCCCCCCCCC(C)C)OC(=O)CCCCCCCCC(C)CC)OC(=O)CCCCCCCCCCCCCCCCC(C)C. The van der Waals surface area contributed by atoms with Crippen LogP contribution in [0.3, 0.4) is 0 Å². The second kappa shape index (κ2) is 58.8. The van der Waals surface area contributed by atoms with E-state index in [0.29, 0.717) is 25.7 Å². The molecular formula is C69H134O17P2.